The molecule has 0 aromatic carbocycles. The molecule has 0 bridgehead atoms. The Morgan fingerprint density at radius 3 is 3.00 bits per heavy atom. The molecule has 68 valence electrons. The summed E-state index contributed by atoms with van der Waals surface area (Å²) in [6.45, 7) is 3.74. The Hall–Kier alpha value is -0.340. The van der Waals surface area contributed by atoms with Crippen LogP contribution in [-0.4, -0.2) is 24.9 Å². The largest absolute Gasteiger partial charge is 0.375 e. The first-order chi connectivity index (χ1) is 5.83. The van der Waals surface area contributed by atoms with Gasteiger partial charge in [-0.25, -0.2) is 0 Å². The molecule has 1 saturated heterocycles. The first-order valence-corrected chi connectivity index (χ1v) is 4.74. The average molecular weight is 168 g/mol. The van der Waals surface area contributed by atoms with E-state index in [1.165, 1.54) is 0 Å². The fraction of sp³-hybridized carbons (Fsp3) is 0.800. The Labute approximate surface area is 73.5 Å². The molecule has 0 saturated carbocycles. The predicted molar refractivity (Wildman–Crippen MR) is 47.1 cm³/mol. The van der Waals surface area contributed by atoms with Crippen LogP contribution in [0.4, 0.5) is 0 Å². The summed E-state index contributed by atoms with van der Waals surface area (Å²) >= 11 is 0. The molecule has 0 radical (unpaired) electrons. The minimum Gasteiger partial charge on any atom is -0.375 e. The van der Waals surface area contributed by atoms with Crippen molar-refractivity contribution >= 4 is 0 Å². The fourth-order valence-corrected chi connectivity index (χ4v) is 2.08. The van der Waals surface area contributed by atoms with Crippen LogP contribution in [-0.2, 0) is 9.47 Å². The highest BCUT2D eigenvalue weighted by Crippen LogP contribution is 2.35. The standard InChI is InChI=1S/C10H16O2/c1-9-10(6-8-11-9)5-3-2-4-7-12-10/h2,4,9H,3,5-8H2,1H3/t9-,10+/m1/s1. The van der Waals surface area contributed by atoms with E-state index in [0.717, 1.165) is 32.5 Å². The summed E-state index contributed by atoms with van der Waals surface area (Å²) < 4.78 is 11.4. The molecule has 0 N–H and O–H groups in total. The van der Waals surface area contributed by atoms with Crippen LogP contribution >= 0.6 is 0 Å². The van der Waals surface area contributed by atoms with Crippen LogP contribution in [0.1, 0.15) is 26.2 Å². The van der Waals surface area contributed by atoms with Gasteiger partial charge in [0.15, 0.2) is 0 Å². The van der Waals surface area contributed by atoms with Gasteiger partial charge in [0.1, 0.15) is 0 Å². The maximum absolute atomic E-state index is 5.85. The fourth-order valence-electron chi connectivity index (χ4n) is 2.08. The molecule has 2 aliphatic heterocycles. The SMILES string of the molecule is C[C@H]1OCC[C@@]12CCC=CCO2. The quantitative estimate of drug-likeness (QED) is 0.514. The van der Waals surface area contributed by atoms with Gasteiger partial charge in [-0.15, -0.1) is 0 Å². The molecule has 0 aliphatic carbocycles. The maximum atomic E-state index is 5.85. The highest BCUT2D eigenvalue weighted by molar-refractivity contribution is 4.98. The van der Waals surface area contributed by atoms with Crippen molar-refractivity contribution in [2.24, 2.45) is 0 Å². The lowest BCUT2D eigenvalue weighted by molar-refractivity contribution is -0.0764. The van der Waals surface area contributed by atoms with Gasteiger partial charge in [0.2, 0.25) is 0 Å². The topological polar surface area (TPSA) is 18.5 Å². The molecule has 2 heterocycles. The van der Waals surface area contributed by atoms with E-state index in [1.807, 2.05) is 0 Å². The zero-order valence-electron chi connectivity index (χ0n) is 7.58. The van der Waals surface area contributed by atoms with E-state index in [9.17, 15) is 0 Å². The number of allylic oxidation sites excluding steroid dienone is 1. The van der Waals surface area contributed by atoms with Crippen molar-refractivity contribution in [3.05, 3.63) is 12.2 Å². The van der Waals surface area contributed by atoms with Gasteiger partial charge < -0.3 is 9.47 Å². The van der Waals surface area contributed by atoms with E-state index in [4.69, 9.17) is 9.47 Å². The lowest BCUT2D eigenvalue weighted by Gasteiger charge is -2.30. The van der Waals surface area contributed by atoms with Gasteiger partial charge >= 0.3 is 0 Å². The van der Waals surface area contributed by atoms with Crippen molar-refractivity contribution in [2.45, 2.75) is 37.9 Å². The monoisotopic (exact) mass is 168 g/mol. The normalized spacial score (nSPS) is 41.9. The molecular formula is C10H16O2. The lowest BCUT2D eigenvalue weighted by atomic mass is 9.91. The molecule has 0 amide bonds. The summed E-state index contributed by atoms with van der Waals surface area (Å²) in [4.78, 5) is 0. The zero-order chi connectivity index (χ0) is 8.44. The number of ether oxygens (including phenoxy) is 2. The summed E-state index contributed by atoms with van der Waals surface area (Å²) in [5.41, 5.74) is 0.0312. The van der Waals surface area contributed by atoms with Crippen LogP contribution in [0, 0.1) is 0 Å². The molecule has 0 aromatic heterocycles. The third kappa shape index (κ3) is 1.29. The van der Waals surface area contributed by atoms with Crippen molar-refractivity contribution in [2.75, 3.05) is 13.2 Å². The zero-order valence-corrected chi connectivity index (χ0v) is 7.58. The highest BCUT2D eigenvalue weighted by atomic mass is 16.6. The molecule has 0 aromatic rings. The third-order valence-corrected chi connectivity index (χ3v) is 3.00. The molecule has 0 unspecified atom stereocenters. The van der Waals surface area contributed by atoms with Gasteiger partial charge in [0, 0.05) is 13.0 Å². The molecule has 2 atom stereocenters. The van der Waals surface area contributed by atoms with E-state index in [2.05, 4.69) is 19.1 Å². The summed E-state index contributed by atoms with van der Waals surface area (Å²) in [6, 6.07) is 0. The minimum absolute atomic E-state index is 0.0312. The highest BCUT2D eigenvalue weighted by Gasteiger charge is 2.42. The smallest absolute Gasteiger partial charge is 0.0969 e. The van der Waals surface area contributed by atoms with Crippen molar-refractivity contribution in [3.8, 4) is 0 Å². The summed E-state index contributed by atoms with van der Waals surface area (Å²) in [5.74, 6) is 0. The van der Waals surface area contributed by atoms with E-state index in [-0.39, 0.29) is 11.7 Å². The molecule has 2 rings (SSSR count). The van der Waals surface area contributed by atoms with Gasteiger partial charge in [-0.2, -0.15) is 0 Å². The van der Waals surface area contributed by atoms with Gasteiger partial charge in [0.25, 0.3) is 0 Å². The molecule has 2 aliphatic rings. The van der Waals surface area contributed by atoms with Gasteiger partial charge in [-0.3, -0.25) is 0 Å². The van der Waals surface area contributed by atoms with Crippen LogP contribution in [0.25, 0.3) is 0 Å². The van der Waals surface area contributed by atoms with Gasteiger partial charge in [-0.1, -0.05) is 12.2 Å². The van der Waals surface area contributed by atoms with Crippen molar-refractivity contribution in [1.82, 2.24) is 0 Å². The minimum atomic E-state index is 0.0312. The van der Waals surface area contributed by atoms with Gasteiger partial charge in [0.05, 0.1) is 18.3 Å². The van der Waals surface area contributed by atoms with Crippen LogP contribution in [0.3, 0.4) is 0 Å². The lowest BCUT2D eigenvalue weighted by Crippen LogP contribution is -2.38. The maximum Gasteiger partial charge on any atom is 0.0969 e. The second-order valence-electron chi connectivity index (χ2n) is 3.65. The summed E-state index contributed by atoms with van der Waals surface area (Å²) in [7, 11) is 0. The van der Waals surface area contributed by atoms with Crippen LogP contribution < -0.4 is 0 Å². The Morgan fingerprint density at radius 1 is 1.33 bits per heavy atom. The molecule has 2 heteroatoms. The Bertz CT molecular complexity index is 176. The van der Waals surface area contributed by atoms with Crippen LogP contribution in [0.5, 0.6) is 0 Å². The van der Waals surface area contributed by atoms with E-state index >= 15 is 0 Å². The van der Waals surface area contributed by atoms with E-state index in [0.29, 0.717) is 0 Å². The third-order valence-electron chi connectivity index (χ3n) is 3.00. The Morgan fingerprint density at radius 2 is 2.25 bits per heavy atom. The van der Waals surface area contributed by atoms with Gasteiger partial charge in [-0.05, 0) is 19.8 Å². The van der Waals surface area contributed by atoms with Crippen molar-refractivity contribution in [3.63, 3.8) is 0 Å². The predicted octanol–water partition coefficient (Wildman–Crippen LogP) is 1.90. The Balaban J connectivity index is 2.08. The van der Waals surface area contributed by atoms with E-state index < -0.39 is 0 Å². The van der Waals surface area contributed by atoms with Crippen molar-refractivity contribution in [1.29, 1.82) is 0 Å². The number of hydrogen-bond acceptors (Lipinski definition) is 2. The molecule has 2 nitrogen and oxygen atoms in total. The molecule has 12 heavy (non-hydrogen) atoms. The Kier molecular flexibility index (Phi) is 2.20. The molecule has 1 spiro atoms. The van der Waals surface area contributed by atoms with E-state index in [1.54, 1.807) is 0 Å². The molecular weight excluding hydrogens is 152 g/mol. The number of hydrogen-bond donors (Lipinski definition) is 0. The van der Waals surface area contributed by atoms with Crippen LogP contribution in [0.2, 0.25) is 0 Å². The first-order valence-electron chi connectivity index (χ1n) is 4.74. The molecule has 1 fully saturated rings. The van der Waals surface area contributed by atoms with Crippen molar-refractivity contribution < 1.29 is 9.47 Å². The summed E-state index contributed by atoms with van der Waals surface area (Å²) in [5, 5.41) is 0. The summed E-state index contributed by atoms with van der Waals surface area (Å²) in [6.07, 6.45) is 7.91. The van der Waals surface area contributed by atoms with Crippen LogP contribution in [0.15, 0.2) is 12.2 Å². The second-order valence-corrected chi connectivity index (χ2v) is 3.65. The first kappa shape index (κ1) is 8.27. The second kappa shape index (κ2) is 3.19. The number of rotatable bonds is 0. The average Bonchev–Trinajstić information content (AvgIpc) is 2.33.